The molecule has 4 aliphatic heterocycles. The van der Waals surface area contributed by atoms with Gasteiger partial charge in [0.25, 0.3) is 0 Å². The summed E-state index contributed by atoms with van der Waals surface area (Å²) in [6.07, 6.45) is -34.6. The Morgan fingerprint density at radius 1 is 0.312 bits per heavy atom. The van der Waals surface area contributed by atoms with E-state index in [4.69, 9.17) is 111 Å². The van der Waals surface area contributed by atoms with Gasteiger partial charge >= 0.3 is 53.7 Å². The molecule has 680 valence electrons. The number of esters is 9. The van der Waals surface area contributed by atoms with Crippen LogP contribution in [-0.4, -0.2) is 216 Å². The number of aryl methyl sites for hydroxylation is 3. The second kappa shape index (κ2) is 46.2. The summed E-state index contributed by atoms with van der Waals surface area (Å²) in [5, 5.41) is 0. The van der Waals surface area contributed by atoms with Crippen molar-refractivity contribution in [2.75, 3.05) is 39.4 Å². The molecule has 0 spiro atoms. The molecule has 8 aromatic rings. The molecule has 4 saturated heterocycles. The van der Waals surface area contributed by atoms with Crippen molar-refractivity contribution in [1.82, 2.24) is 0 Å². The highest BCUT2D eigenvalue weighted by Crippen LogP contribution is 2.41. The van der Waals surface area contributed by atoms with Gasteiger partial charge in [-0.2, -0.15) is 0 Å². The van der Waals surface area contributed by atoms with E-state index in [0.717, 1.165) is 48.6 Å². The maximum Gasteiger partial charge on any atom is 0.338 e. The number of rotatable bonds is 37. The number of carbonyl (C=O) groups is 9. The van der Waals surface area contributed by atoms with Crippen LogP contribution in [0, 0.1) is 26.2 Å². The van der Waals surface area contributed by atoms with Crippen LogP contribution in [0.5, 0.6) is 0 Å². The third-order valence-corrected chi connectivity index (χ3v) is 21.3. The topological polar surface area (TPSA) is 347 Å². The van der Waals surface area contributed by atoms with E-state index in [-0.39, 0.29) is 55.3 Å². The maximum absolute atomic E-state index is 15.6. The molecule has 0 aromatic heterocycles. The average molecular weight is 1790 g/mol. The summed E-state index contributed by atoms with van der Waals surface area (Å²) in [6, 6.07) is 63.2. The minimum Gasteiger partial charge on any atom is -0.462 e. The van der Waals surface area contributed by atoms with Crippen LogP contribution in [0.4, 0.5) is 0 Å². The molecule has 0 saturated carbocycles. The lowest BCUT2D eigenvalue weighted by atomic mass is 9.94. The maximum atomic E-state index is 15.6. The van der Waals surface area contributed by atoms with Crippen LogP contribution in [0.25, 0.3) is 0 Å². The molecule has 0 bridgehead atoms. The lowest BCUT2D eigenvalue weighted by Crippen LogP contribution is -2.68. The first kappa shape index (κ1) is 95.9. The van der Waals surface area contributed by atoms with Crippen LogP contribution < -0.4 is 0 Å². The minimum absolute atomic E-state index is 0.0140. The fourth-order valence-corrected chi connectivity index (χ4v) is 14.7. The average Bonchev–Trinajstić information content (AvgIpc) is 0.761. The van der Waals surface area contributed by atoms with E-state index in [1.54, 1.807) is 126 Å². The summed E-state index contributed by atoms with van der Waals surface area (Å²) in [6.45, 7) is 10.4. The van der Waals surface area contributed by atoms with Gasteiger partial charge in [-0.15, -0.1) is 11.6 Å². The van der Waals surface area contributed by atoms with Gasteiger partial charge in [-0.05, 0) is 112 Å². The zero-order valence-corrected chi connectivity index (χ0v) is 73.2. The summed E-state index contributed by atoms with van der Waals surface area (Å²) in [4.78, 5) is 129. The highest BCUT2D eigenvalue weighted by molar-refractivity contribution is 6.26. The monoisotopic (exact) mass is 1780 g/mol. The molecule has 0 aliphatic carbocycles. The largest absolute Gasteiger partial charge is 0.462 e. The number of carbonyl (C=O) groups excluding carboxylic acids is 9. The van der Waals surface area contributed by atoms with Crippen LogP contribution in [0.15, 0.2) is 224 Å². The summed E-state index contributed by atoms with van der Waals surface area (Å²) in [7, 11) is 1.21. The smallest absolute Gasteiger partial charge is 0.338 e. The molecule has 8 aromatic carbocycles. The number of benzene rings is 8. The van der Waals surface area contributed by atoms with E-state index in [2.05, 4.69) is 0 Å². The number of hydrogen-bond acceptors (Lipinski definition) is 30. The molecule has 4 aliphatic rings. The lowest BCUT2D eigenvalue weighted by Gasteiger charge is -2.50. The first-order valence-corrected chi connectivity index (χ1v) is 42.4. The standard InChI is InChI=1S/C97H105ClO30/c1-57-36-42-68(43-37-57)89(104)123-79-73(54-110-75(102)48-98)121-94(87(126-91(106)70-46-40-59(3)41-47-70)83(79)124-90(105)69-44-38-58(2)39-45-69)114-55-72-77(112-51-65-30-20-13-21-31-65)81(86(125-88(103)67-34-24-15-25-35-67)93(120-72)115-56-74-78(116-60(4)99)82(117-61(5)100)85(118-62(6)101)92(108-10)119-74)127-95-84(128-96(107)97(7,8)9)80(113-52-66-32-22-14-23-33-66)76(111-50-64-28-18-12-19-29-64)71(122-95)53-109-49-63-26-16-11-17-27-63/h11-47,71-74,76-87,92-95H,48-56H2,1-10H3/t71-,72-,73-,74-,76-,77-,78-,79-,80+,81+,82+,83+,84-,85-,86-,87-,92+,93-,94-,95+/m1/s1. The molecule has 31 heteroatoms. The molecule has 4 heterocycles. The molecule has 4 fully saturated rings. The van der Waals surface area contributed by atoms with Gasteiger partial charge in [0.15, 0.2) is 74.0 Å². The van der Waals surface area contributed by atoms with E-state index in [1.807, 2.05) is 91.0 Å². The van der Waals surface area contributed by atoms with Gasteiger partial charge in [-0.25, -0.2) is 19.2 Å². The number of halogens is 1. The molecule has 20 atom stereocenters. The quantitative estimate of drug-likeness (QED) is 0.0198. The molecule has 30 nitrogen and oxygen atoms in total. The Labute approximate surface area is 746 Å². The van der Waals surface area contributed by atoms with E-state index < -0.39 is 208 Å². The Kier molecular flexibility index (Phi) is 34.6. The molecule has 128 heavy (non-hydrogen) atoms. The number of ether oxygens (including phenoxy) is 21. The summed E-state index contributed by atoms with van der Waals surface area (Å²) >= 11 is 6.10. The molecular formula is C97H105ClO30. The van der Waals surface area contributed by atoms with E-state index in [9.17, 15) is 24.0 Å². The summed E-state index contributed by atoms with van der Waals surface area (Å²) in [5.41, 5.74) is 3.76. The van der Waals surface area contributed by atoms with Crippen molar-refractivity contribution in [2.24, 2.45) is 5.41 Å². The van der Waals surface area contributed by atoms with Gasteiger partial charge in [-0.3, -0.25) is 24.0 Å². The highest BCUT2D eigenvalue weighted by atomic mass is 35.5. The normalized spacial score (nSPS) is 25.7. The Morgan fingerprint density at radius 2 is 0.625 bits per heavy atom. The minimum atomic E-state index is -2.06. The fraction of sp³-hybridized carbons (Fsp3) is 0.412. The van der Waals surface area contributed by atoms with Gasteiger partial charge in [0.05, 0.1) is 73.9 Å². The van der Waals surface area contributed by atoms with E-state index >= 15 is 19.2 Å². The Morgan fingerprint density at radius 3 is 1.05 bits per heavy atom. The number of methoxy groups -OCH3 is 1. The first-order chi connectivity index (χ1) is 61.7. The van der Waals surface area contributed by atoms with Crippen molar-refractivity contribution >= 4 is 65.3 Å². The second-order valence-corrected chi connectivity index (χ2v) is 32.3. The third kappa shape index (κ3) is 26.5. The van der Waals surface area contributed by atoms with Crippen molar-refractivity contribution < 1.29 is 143 Å². The van der Waals surface area contributed by atoms with Crippen molar-refractivity contribution in [2.45, 2.75) is 212 Å². The first-order valence-electron chi connectivity index (χ1n) is 41.8. The molecule has 0 unspecified atom stereocenters. The van der Waals surface area contributed by atoms with Gasteiger partial charge in [0.2, 0.25) is 0 Å². The van der Waals surface area contributed by atoms with Crippen LogP contribution >= 0.6 is 11.6 Å². The number of hydrogen-bond donors (Lipinski definition) is 0. The molecule has 0 radical (unpaired) electrons. The number of alkyl halides is 1. The highest BCUT2D eigenvalue weighted by Gasteiger charge is 2.60. The predicted molar refractivity (Wildman–Crippen MR) is 454 cm³/mol. The third-order valence-electron chi connectivity index (χ3n) is 21.1. The van der Waals surface area contributed by atoms with E-state index in [0.29, 0.717) is 11.1 Å². The molecular weight excluding hydrogens is 1680 g/mol. The van der Waals surface area contributed by atoms with Crippen molar-refractivity contribution in [3.8, 4) is 0 Å². The van der Waals surface area contributed by atoms with Crippen LogP contribution in [-0.2, 0) is 150 Å². The Balaban J connectivity index is 1.06. The predicted octanol–water partition coefficient (Wildman–Crippen LogP) is 12.3. The summed E-state index contributed by atoms with van der Waals surface area (Å²) < 4.78 is 140. The Bertz CT molecular complexity index is 4930. The van der Waals surface area contributed by atoms with Crippen molar-refractivity contribution in [3.63, 3.8) is 0 Å². The van der Waals surface area contributed by atoms with Crippen LogP contribution in [0.3, 0.4) is 0 Å². The SMILES string of the molecule is CO[C@H]1O[C@H](CO[C@@H]2O[C@H](CO[C@@H]3O[C@H](COC(=O)CCl)[C@@H](OC(=O)c4ccc(C)cc4)[C@H](OC(=O)c4ccc(C)cc4)[C@H]3OC(=O)c3ccc(C)cc3)[C@@H](OCc3ccccc3)[C@H](O[C@@H]3O[C@H](COCc4ccccc4)[C@@H](OCc4ccccc4)[C@H](OCc4ccccc4)[C@H]3OC(=O)C(C)(C)C)[C@H]2OC(=O)c2ccccc2)[C@@H](OC(C)=O)[C@H](OC(C)=O)[C@H]1OC(C)=O. The van der Waals surface area contributed by atoms with Crippen molar-refractivity contribution in [3.05, 3.63) is 286 Å². The van der Waals surface area contributed by atoms with Crippen LogP contribution in [0.2, 0.25) is 0 Å². The molecule has 0 amide bonds. The van der Waals surface area contributed by atoms with Gasteiger partial charge < -0.3 is 99.5 Å². The van der Waals surface area contributed by atoms with Crippen molar-refractivity contribution in [1.29, 1.82) is 0 Å². The zero-order chi connectivity index (χ0) is 91.0. The second-order valence-electron chi connectivity index (χ2n) is 32.1. The molecule has 0 N–H and O–H groups in total. The fourth-order valence-electron chi connectivity index (χ4n) is 14.6. The van der Waals surface area contributed by atoms with Gasteiger partial charge in [0, 0.05) is 27.9 Å². The Hall–Kier alpha value is -11.2. The van der Waals surface area contributed by atoms with E-state index in [1.165, 1.54) is 55.6 Å². The van der Waals surface area contributed by atoms with Crippen LogP contribution in [0.1, 0.15) is 122 Å². The zero-order valence-electron chi connectivity index (χ0n) is 72.4. The summed E-state index contributed by atoms with van der Waals surface area (Å²) in [5.74, 6) is -9.22. The van der Waals surface area contributed by atoms with Gasteiger partial charge in [-0.1, -0.05) is 193 Å². The molecule has 12 rings (SSSR count). The van der Waals surface area contributed by atoms with Gasteiger partial charge in [0.1, 0.15) is 61.3 Å². The lowest BCUT2D eigenvalue weighted by molar-refractivity contribution is -0.378.